The Morgan fingerprint density at radius 1 is 1.09 bits per heavy atom. The van der Waals surface area contributed by atoms with E-state index in [1.807, 2.05) is 0 Å². The third kappa shape index (κ3) is 6.30. The van der Waals surface area contributed by atoms with E-state index in [1.165, 1.54) is 41.7 Å². The number of hydrogen-bond acceptors (Lipinski definition) is 4. The van der Waals surface area contributed by atoms with Crippen LogP contribution in [0.4, 0.5) is 13.2 Å². The van der Waals surface area contributed by atoms with Crippen LogP contribution < -0.4 is 10.1 Å². The van der Waals surface area contributed by atoms with Crippen molar-refractivity contribution < 1.29 is 31.1 Å². The van der Waals surface area contributed by atoms with Gasteiger partial charge in [0.1, 0.15) is 5.75 Å². The Morgan fingerprint density at radius 2 is 1.79 bits per heavy atom. The number of methoxy groups -OCH3 is 1. The van der Waals surface area contributed by atoms with Crippen molar-refractivity contribution in [3.05, 3.63) is 59.2 Å². The molecule has 1 amide bonds. The van der Waals surface area contributed by atoms with Crippen LogP contribution in [0.1, 0.15) is 47.2 Å². The minimum absolute atomic E-state index is 0.00426. The van der Waals surface area contributed by atoms with Crippen molar-refractivity contribution in [2.75, 3.05) is 26.7 Å². The number of amides is 1. The smallest absolute Gasteiger partial charge is 0.416 e. The lowest BCUT2D eigenvalue weighted by molar-refractivity contribution is -0.137. The SMILES string of the molecule is COc1ccc(S(=O)(=O)N2CCCCCC2)cc1C(=O)NCC#Cc1cccc(C(F)(F)F)c1. The van der Waals surface area contributed by atoms with Gasteiger partial charge < -0.3 is 10.1 Å². The molecule has 1 N–H and O–H groups in total. The number of nitrogens with zero attached hydrogens (tertiary/aromatic N) is 1. The van der Waals surface area contributed by atoms with Gasteiger partial charge in [0.25, 0.3) is 5.91 Å². The van der Waals surface area contributed by atoms with Gasteiger partial charge in [-0.2, -0.15) is 17.5 Å². The standard InChI is InChI=1S/C24H25F3N2O4S/c1-33-22-12-11-20(34(31,32)29-14-4-2-3-5-15-29)17-21(22)23(30)28-13-7-9-18-8-6-10-19(16-18)24(25,26)27/h6,8,10-12,16-17H,2-5,13-15H2,1H3,(H,28,30). The van der Waals surface area contributed by atoms with Gasteiger partial charge in [-0.3, -0.25) is 4.79 Å². The molecule has 0 bridgehead atoms. The summed E-state index contributed by atoms with van der Waals surface area (Å²) < 4.78 is 71.2. The number of ether oxygens (including phenoxy) is 1. The lowest BCUT2D eigenvalue weighted by Crippen LogP contribution is -2.32. The summed E-state index contributed by atoms with van der Waals surface area (Å²) in [6, 6.07) is 8.67. The molecule has 1 saturated heterocycles. The van der Waals surface area contributed by atoms with E-state index in [9.17, 15) is 26.4 Å². The van der Waals surface area contributed by atoms with Gasteiger partial charge in [0.05, 0.1) is 29.7 Å². The summed E-state index contributed by atoms with van der Waals surface area (Å²) in [4.78, 5) is 12.7. The molecule has 0 unspecified atom stereocenters. The molecule has 34 heavy (non-hydrogen) atoms. The first-order valence-electron chi connectivity index (χ1n) is 10.8. The number of carbonyl (C=O) groups is 1. The molecule has 1 aliphatic rings. The first-order valence-corrected chi connectivity index (χ1v) is 12.2. The molecule has 1 aliphatic heterocycles. The molecule has 2 aromatic carbocycles. The first kappa shape index (κ1) is 25.6. The summed E-state index contributed by atoms with van der Waals surface area (Å²) in [7, 11) is -2.40. The van der Waals surface area contributed by atoms with E-state index in [2.05, 4.69) is 17.2 Å². The normalized spacial score (nSPS) is 15.1. The van der Waals surface area contributed by atoms with E-state index in [1.54, 1.807) is 0 Å². The number of benzene rings is 2. The van der Waals surface area contributed by atoms with E-state index < -0.39 is 27.7 Å². The minimum atomic E-state index is -4.47. The van der Waals surface area contributed by atoms with E-state index >= 15 is 0 Å². The van der Waals surface area contributed by atoms with Crippen LogP contribution in [0.25, 0.3) is 0 Å². The molecule has 3 rings (SSSR count). The first-order chi connectivity index (χ1) is 16.1. The van der Waals surface area contributed by atoms with Crippen LogP contribution in [0.5, 0.6) is 5.75 Å². The summed E-state index contributed by atoms with van der Waals surface area (Å²) >= 11 is 0. The summed E-state index contributed by atoms with van der Waals surface area (Å²) in [5, 5.41) is 2.53. The zero-order chi connectivity index (χ0) is 24.8. The molecule has 182 valence electrons. The second-order valence-corrected chi connectivity index (χ2v) is 9.68. The van der Waals surface area contributed by atoms with Crippen molar-refractivity contribution in [1.29, 1.82) is 0 Å². The van der Waals surface area contributed by atoms with Gasteiger partial charge in [0, 0.05) is 18.7 Å². The second-order valence-electron chi connectivity index (χ2n) is 7.74. The fraction of sp³-hybridized carbons (Fsp3) is 0.375. The van der Waals surface area contributed by atoms with Crippen molar-refractivity contribution in [2.24, 2.45) is 0 Å². The predicted molar refractivity (Wildman–Crippen MR) is 121 cm³/mol. The van der Waals surface area contributed by atoms with Gasteiger partial charge in [-0.05, 0) is 49.2 Å². The van der Waals surface area contributed by atoms with Crippen LogP contribution in [-0.2, 0) is 16.2 Å². The highest BCUT2D eigenvalue weighted by atomic mass is 32.2. The third-order valence-corrected chi connectivity index (χ3v) is 7.27. The van der Waals surface area contributed by atoms with Gasteiger partial charge in [0.15, 0.2) is 0 Å². The van der Waals surface area contributed by atoms with Crippen LogP contribution in [-0.4, -0.2) is 45.4 Å². The van der Waals surface area contributed by atoms with Crippen LogP contribution in [0, 0.1) is 11.8 Å². The zero-order valence-electron chi connectivity index (χ0n) is 18.6. The Kier molecular flexibility index (Phi) is 8.23. The number of alkyl halides is 3. The molecule has 1 fully saturated rings. The number of hydrogen-bond donors (Lipinski definition) is 1. The molecule has 1 heterocycles. The lowest BCUT2D eigenvalue weighted by atomic mass is 10.1. The Balaban J connectivity index is 1.74. The zero-order valence-corrected chi connectivity index (χ0v) is 19.4. The van der Waals surface area contributed by atoms with Crippen LogP contribution >= 0.6 is 0 Å². The molecule has 2 aromatic rings. The van der Waals surface area contributed by atoms with E-state index in [-0.39, 0.29) is 28.3 Å². The van der Waals surface area contributed by atoms with E-state index in [0.717, 1.165) is 37.8 Å². The van der Waals surface area contributed by atoms with Crippen molar-refractivity contribution in [2.45, 2.75) is 36.8 Å². The van der Waals surface area contributed by atoms with E-state index in [4.69, 9.17) is 4.74 Å². The van der Waals surface area contributed by atoms with Crippen molar-refractivity contribution in [3.63, 3.8) is 0 Å². The van der Waals surface area contributed by atoms with Crippen molar-refractivity contribution in [1.82, 2.24) is 9.62 Å². The highest BCUT2D eigenvalue weighted by molar-refractivity contribution is 7.89. The van der Waals surface area contributed by atoms with Gasteiger partial charge >= 0.3 is 6.18 Å². The summed E-state index contributed by atoms with van der Waals surface area (Å²) in [5.74, 6) is 4.77. The number of carbonyl (C=O) groups excluding carboxylic acids is 1. The van der Waals surface area contributed by atoms with Gasteiger partial charge in [-0.15, -0.1) is 0 Å². The highest BCUT2D eigenvalue weighted by Crippen LogP contribution is 2.29. The summed E-state index contributed by atoms with van der Waals surface area (Å²) in [5.41, 5.74) is -0.623. The van der Waals surface area contributed by atoms with Crippen LogP contribution in [0.3, 0.4) is 0 Å². The molecule has 0 aromatic heterocycles. The Hall–Kier alpha value is -3.03. The topological polar surface area (TPSA) is 75.7 Å². The molecule has 0 atom stereocenters. The average molecular weight is 495 g/mol. The Bertz CT molecular complexity index is 1190. The number of sulfonamides is 1. The predicted octanol–water partition coefficient (Wildman–Crippen LogP) is 4.06. The maximum absolute atomic E-state index is 13.1. The van der Waals surface area contributed by atoms with Gasteiger partial charge in [-0.25, -0.2) is 8.42 Å². The van der Waals surface area contributed by atoms with Gasteiger partial charge in [-0.1, -0.05) is 30.7 Å². The monoisotopic (exact) mass is 494 g/mol. The number of halogens is 3. The molecule has 6 nitrogen and oxygen atoms in total. The maximum Gasteiger partial charge on any atom is 0.416 e. The third-order valence-electron chi connectivity index (χ3n) is 5.38. The summed E-state index contributed by atoms with van der Waals surface area (Å²) in [6.45, 7) is 0.712. The number of nitrogens with one attached hydrogen (secondary N) is 1. The molecule has 0 radical (unpaired) electrons. The molecular formula is C24H25F3N2O4S. The largest absolute Gasteiger partial charge is 0.496 e. The second kappa shape index (κ2) is 10.9. The van der Waals surface area contributed by atoms with Crippen molar-refractivity contribution >= 4 is 15.9 Å². The number of rotatable bonds is 5. The van der Waals surface area contributed by atoms with Gasteiger partial charge in [0.2, 0.25) is 10.0 Å². The van der Waals surface area contributed by atoms with Crippen LogP contribution in [0.15, 0.2) is 47.4 Å². The Labute approximate surface area is 197 Å². The lowest BCUT2D eigenvalue weighted by Gasteiger charge is -2.20. The fourth-order valence-electron chi connectivity index (χ4n) is 3.60. The van der Waals surface area contributed by atoms with E-state index in [0.29, 0.717) is 13.1 Å². The minimum Gasteiger partial charge on any atom is -0.496 e. The highest BCUT2D eigenvalue weighted by Gasteiger charge is 2.30. The average Bonchev–Trinajstić information content (AvgIpc) is 3.11. The molecule has 0 saturated carbocycles. The molecule has 0 spiro atoms. The fourth-order valence-corrected chi connectivity index (χ4v) is 5.14. The summed E-state index contributed by atoms with van der Waals surface area (Å²) in [6.07, 6.45) is -0.949. The maximum atomic E-state index is 13.1. The van der Waals surface area contributed by atoms with Crippen LogP contribution in [0.2, 0.25) is 0 Å². The Morgan fingerprint density at radius 3 is 2.44 bits per heavy atom. The molecule has 10 heteroatoms. The van der Waals surface area contributed by atoms with Crippen molar-refractivity contribution in [3.8, 4) is 17.6 Å². The molecular weight excluding hydrogens is 469 g/mol. The molecule has 0 aliphatic carbocycles. The quantitative estimate of drug-likeness (QED) is 0.637.